The molecule has 1 atom stereocenters. The van der Waals surface area contributed by atoms with Gasteiger partial charge in [-0.2, -0.15) is 0 Å². The van der Waals surface area contributed by atoms with Crippen molar-refractivity contribution in [3.63, 3.8) is 0 Å². The van der Waals surface area contributed by atoms with Crippen LogP contribution < -0.4 is 5.73 Å². The Balaban J connectivity index is 1.95. The summed E-state index contributed by atoms with van der Waals surface area (Å²) in [5, 5.41) is 2.70. The van der Waals surface area contributed by atoms with E-state index in [1.54, 1.807) is 0 Å². The van der Waals surface area contributed by atoms with Crippen molar-refractivity contribution in [3.8, 4) is 0 Å². The van der Waals surface area contributed by atoms with Crippen LogP contribution in [0.4, 0.5) is 0 Å². The molecule has 1 aliphatic carbocycles. The highest BCUT2D eigenvalue weighted by molar-refractivity contribution is 5.85. The summed E-state index contributed by atoms with van der Waals surface area (Å²) in [6, 6.07) is 15.5. The average Bonchev–Trinajstić information content (AvgIpc) is 2.39. The monoisotopic (exact) mass is 237 g/mol. The van der Waals surface area contributed by atoms with E-state index in [0.717, 1.165) is 12.8 Å². The van der Waals surface area contributed by atoms with Crippen molar-refractivity contribution in [3.05, 3.63) is 59.7 Å². The molecule has 0 saturated carbocycles. The van der Waals surface area contributed by atoms with Gasteiger partial charge >= 0.3 is 0 Å². The first kappa shape index (κ1) is 11.5. The van der Waals surface area contributed by atoms with Gasteiger partial charge in [0.25, 0.3) is 0 Å². The smallest absolute Gasteiger partial charge is 0.0226 e. The first-order valence-corrected chi connectivity index (χ1v) is 6.75. The van der Waals surface area contributed by atoms with Crippen LogP contribution in [0.2, 0.25) is 0 Å². The highest BCUT2D eigenvalue weighted by Crippen LogP contribution is 2.25. The molecule has 1 aliphatic rings. The molecule has 0 fully saturated rings. The average molecular weight is 237 g/mol. The van der Waals surface area contributed by atoms with E-state index < -0.39 is 0 Å². The van der Waals surface area contributed by atoms with Crippen LogP contribution in [-0.2, 0) is 6.42 Å². The molecule has 3 rings (SSSR count). The Labute approximate surface area is 108 Å². The fraction of sp³-hybridized carbons (Fsp3) is 0.294. The van der Waals surface area contributed by atoms with Crippen molar-refractivity contribution < 1.29 is 0 Å². The van der Waals surface area contributed by atoms with Gasteiger partial charge in [-0.25, -0.2) is 0 Å². The Morgan fingerprint density at radius 2 is 1.89 bits per heavy atom. The SMILES string of the molecule is NC1C=C(Cc2cccc3ccccc23)CCC1. The van der Waals surface area contributed by atoms with E-state index in [1.807, 2.05) is 0 Å². The van der Waals surface area contributed by atoms with Gasteiger partial charge in [-0.3, -0.25) is 0 Å². The molecule has 2 aromatic rings. The maximum atomic E-state index is 6.02. The third-order valence-corrected chi connectivity index (χ3v) is 3.78. The zero-order valence-electron chi connectivity index (χ0n) is 10.6. The summed E-state index contributed by atoms with van der Waals surface area (Å²) in [4.78, 5) is 0. The molecule has 0 saturated heterocycles. The Morgan fingerprint density at radius 3 is 2.78 bits per heavy atom. The molecule has 0 aliphatic heterocycles. The predicted molar refractivity (Wildman–Crippen MR) is 77.6 cm³/mol. The number of hydrogen-bond acceptors (Lipinski definition) is 1. The molecule has 0 heterocycles. The van der Waals surface area contributed by atoms with E-state index in [-0.39, 0.29) is 6.04 Å². The zero-order valence-corrected chi connectivity index (χ0v) is 10.6. The van der Waals surface area contributed by atoms with E-state index in [1.165, 1.54) is 34.8 Å². The van der Waals surface area contributed by atoms with Crippen molar-refractivity contribution in [1.29, 1.82) is 0 Å². The lowest BCUT2D eigenvalue weighted by atomic mass is 9.90. The van der Waals surface area contributed by atoms with Gasteiger partial charge in [0.15, 0.2) is 0 Å². The molecule has 0 amide bonds. The van der Waals surface area contributed by atoms with Crippen LogP contribution in [-0.4, -0.2) is 6.04 Å². The molecule has 0 radical (unpaired) electrons. The maximum absolute atomic E-state index is 6.02. The lowest BCUT2D eigenvalue weighted by Crippen LogP contribution is -2.20. The van der Waals surface area contributed by atoms with Crippen molar-refractivity contribution in [2.24, 2.45) is 5.73 Å². The summed E-state index contributed by atoms with van der Waals surface area (Å²) in [6.45, 7) is 0. The van der Waals surface area contributed by atoms with Crippen molar-refractivity contribution in [2.45, 2.75) is 31.7 Å². The summed E-state index contributed by atoms with van der Waals surface area (Å²) >= 11 is 0. The molecule has 2 N–H and O–H groups in total. The summed E-state index contributed by atoms with van der Waals surface area (Å²) < 4.78 is 0. The van der Waals surface area contributed by atoms with Crippen molar-refractivity contribution in [1.82, 2.24) is 0 Å². The van der Waals surface area contributed by atoms with Gasteiger partial charge in [0.1, 0.15) is 0 Å². The highest BCUT2D eigenvalue weighted by Gasteiger charge is 2.11. The number of fused-ring (bicyclic) bond motifs is 1. The summed E-state index contributed by atoms with van der Waals surface area (Å²) in [5.41, 5.74) is 8.94. The summed E-state index contributed by atoms with van der Waals surface area (Å²) in [6.07, 6.45) is 6.90. The van der Waals surface area contributed by atoms with Crippen LogP contribution >= 0.6 is 0 Å². The molecule has 1 heteroatoms. The van der Waals surface area contributed by atoms with Gasteiger partial charge in [-0.05, 0) is 42.0 Å². The minimum Gasteiger partial charge on any atom is -0.324 e. The van der Waals surface area contributed by atoms with Crippen LogP contribution in [0.3, 0.4) is 0 Å². The fourth-order valence-electron chi connectivity index (χ4n) is 2.87. The molecule has 0 bridgehead atoms. The third kappa shape index (κ3) is 2.32. The zero-order chi connectivity index (χ0) is 12.4. The predicted octanol–water partition coefficient (Wildman–Crippen LogP) is 3.82. The molecular formula is C17H19N. The molecule has 0 aromatic heterocycles. The van der Waals surface area contributed by atoms with Crippen LogP contribution in [0, 0.1) is 0 Å². The topological polar surface area (TPSA) is 26.0 Å². The van der Waals surface area contributed by atoms with E-state index >= 15 is 0 Å². The minimum absolute atomic E-state index is 0.267. The van der Waals surface area contributed by atoms with E-state index in [9.17, 15) is 0 Å². The third-order valence-electron chi connectivity index (χ3n) is 3.78. The van der Waals surface area contributed by atoms with Gasteiger partial charge in [0, 0.05) is 6.04 Å². The minimum atomic E-state index is 0.267. The molecule has 18 heavy (non-hydrogen) atoms. The van der Waals surface area contributed by atoms with E-state index in [4.69, 9.17) is 5.73 Å². The highest BCUT2D eigenvalue weighted by atomic mass is 14.6. The molecule has 1 unspecified atom stereocenters. The number of hydrogen-bond donors (Lipinski definition) is 1. The second-order valence-electron chi connectivity index (χ2n) is 5.20. The normalized spacial score (nSPS) is 19.8. The lowest BCUT2D eigenvalue weighted by Gasteiger charge is -2.18. The van der Waals surface area contributed by atoms with Crippen molar-refractivity contribution in [2.75, 3.05) is 0 Å². The lowest BCUT2D eigenvalue weighted by molar-refractivity contribution is 0.617. The Hall–Kier alpha value is -1.60. The van der Waals surface area contributed by atoms with Crippen molar-refractivity contribution >= 4 is 10.8 Å². The first-order chi connectivity index (χ1) is 8.83. The molecule has 92 valence electrons. The molecule has 1 nitrogen and oxygen atoms in total. The Morgan fingerprint density at radius 1 is 1.06 bits per heavy atom. The van der Waals surface area contributed by atoms with Gasteiger partial charge in [0.05, 0.1) is 0 Å². The van der Waals surface area contributed by atoms with Gasteiger partial charge in [0.2, 0.25) is 0 Å². The second-order valence-corrected chi connectivity index (χ2v) is 5.20. The number of rotatable bonds is 2. The Kier molecular flexibility index (Phi) is 3.16. The number of benzene rings is 2. The van der Waals surface area contributed by atoms with Crippen LogP contribution in [0.5, 0.6) is 0 Å². The van der Waals surface area contributed by atoms with Crippen LogP contribution in [0.25, 0.3) is 10.8 Å². The first-order valence-electron chi connectivity index (χ1n) is 6.75. The standard InChI is InChI=1S/C17H19N/c18-16-9-3-5-13(12-16)11-15-8-4-7-14-6-1-2-10-17(14)15/h1-2,4,6-8,10,12,16H,3,5,9,11,18H2. The largest absolute Gasteiger partial charge is 0.324 e. The Bertz CT molecular complexity index is 578. The maximum Gasteiger partial charge on any atom is 0.0226 e. The summed E-state index contributed by atoms with van der Waals surface area (Å²) in [5.74, 6) is 0. The van der Waals surface area contributed by atoms with E-state index in [0.29, 0.717) is 0 Å². The molecule has 2 aromatic carbocycles. The van der Waals surface area contributed by atoms with Crippen LogP contribution in [0.1, 0.15) is 24.8 Å². The number of nitrogens with two attached hydrogens (primary N) is 1. The van der Waals surface area contributed by atoms with Crippen LogP contribution in [0.15, 0.2) is 54.1 Å². The van der Waals surface area contributed by atoms with Gasteiger partial charge < -0.3 is 5.73 Å². The number of allylic oxidation sites excluding steroid dienone is 1. The van der Waals surface area contributed by atoms with E-state index in [2.05, 4.69) is 48.5 Å². The molecular weight excluding hydrogens is 218 g/mol. The quantitative estimate of drug-likeness (QED) is 0.789. The van der Waals surface area contributed by atoms with Gasteiger partial charge in [-0.15, -0.1) is 0 Å². The van der Waals surface area contributed by atoms with Gasteiger partial charge in [-0.1, -0.05) is 54.1 Å². The summed E-state index contributed by atoms with van der Waals surface area (Å²) in [7, 11) is 0. The molecule has 0 spiro atoms. The fourth-order valence-corrected chi connectivity index (χ4v) is 2.87. The second kappa shape index (κ2) is 4.95.